The van der Waals surface area contributed by atoms with Gasteiger partial charge in [0.2, 0.25) is 5.91 Å². The number of carbonyl (C=O) groups is 2. The second-order valence-electron chi connectivity index (χ2n) is 5.82. The molecule has 1 aromatic carbocycles. The summed E-state index contributed by atoms with van der Waals surface area (Å²) < 4.78 is 7.02. The Morgan fingerprint density at radius 1 is 1.26 bits per heavy atom. The summed E-state index contributed by atoms with van der Waals surface area (Å²) in [4.78, 5) is 23.6. The van der Waals surface area contributed by atoms with Crippen molar-refractivity contribution in [3.8, 4) is 11.4 Å². The van der Waals surface area contributed by atoms with Crippen molar-refractivity contribution in [2.45, 2.75) is 25.4 Å². The minimum Gasteiger partial charge on any atom is -0.382 e. The number of aryl methyl sites for hydroxylation is 1. The second-order valence-corrected chi connectivity index (χ2v) is 6.77. The van der Waals surface area contributed by atoms with Gasteiger partial charge in [-0.15, -0.1) is 10.2 Å². The van der Waals surface area contributed by atoms with Gasteiger partial charge in [-0.3, -0.25) is 10.1 Å². The smallest absolute Gasteiger partial charge is 0.321 e. The predicted octanol–water partition coefficient (Wildman–Crippen LogP) is 2.14. The molecule has 27 heavy (non-hydrogen) atoms. The van der Waals surface area contributed by atoms with Gasteiger partial charge in [0.1, 0.15) is 0 Å². The van der Waals surface area contributed by atoms with Crippen LogP contribution in [0.4, 0.5) is 4.79 Å². The Labute approximate surface area is 163 Å². The van der Waals surface area contributed by atoms with Crippen LogP contribution in [0.2, 0.25) is 0 Å². The second kappa shape index (κ2) is 10.7. The van der Waals surface area contributed by atoms with Crippen molar-refractivity contribution >= 4 is 23.7 Å². The van der Waals surface area contributed by atoms with Gasteiger partial charge in [-0.1, -0.05) is 36.0 Å². The van der Waals surface area contributed by atoms with E-state index in [2.05, 4.69) is 20.8 Å². The number of imide groups is 1. The molecule has 2 rings (SSSR count). The van der Waals surface area contributed by atoms with Crippen molar-refractivity contribution in [3.05, 3.63) is 29.8 Å². The third-order valence-corrected chi connectivity index (χ3v) is 4.78. The molecule has 0 bridgehead atoms. The number of benzene rings is 1. The zero-order valence-electron chi connectivity index (χ0n) is 15.8. The van der Waals surface area contributed by atoms with Gasteiger partial charge >= 0.3 is 6.03 Å². The van der Waals surface area contributed by atoms with Gasteiger partial charge in [0.15, 0.2) is 11.0 Å². The van der Waals surface area contributed by atoms with Crippen LogP contribution in [0.5, 0.6) is 0 Å². The SMILES string of the molecule is CCOCCCNC(=O)NC(=O)CSc1nnc(-c2ccccc2C)n1C. The topological polar surface area (TPSA) is 98.1 Å². The van der Waals surface area contributed by atoms with Crippen LogP contribution >= 0.6 is 11.8 Å². The maximum absolute atomic E-state index is 11.9. The Bertz CT molecular complexity index is 778. The van der Waals surface area contributed by atoms with Crippen molar-refractivity contribution in [3.63, 3.8) is 0 Å². The highest BCUT2D eigenvalue weighted by molar-refractivity contribution is 7.99. The summed E-state index contributed by atoms with van der Waals surface area (Å²) in [5.41, 5.74) is 2.10. The van der Waals surface area contributed by atoms with E-state index in [1.165, 1.54) is 11.8 Å². The van der Waals surface area contributed by atoms with Gasteiger partial charge in [-0.2, -0.15) is 0 Å². The van der Waals surface area contributed by atoms with Crippen LogP contribution in [0, 0.1) is 6.92 Å². The number of ether oxygens (including phenoxy) is 1. The maximum atomic E-state index is 11.9. The quantitative estimate of drug-likeness (QED) is 0.502. The fraction of sp³-hybridized carbons (Fsp3) is 0.444. The van der Waals surface area contributed by atoms with Crippen molar-refractivity contribution in [1.82, 2.24) is 25.4 Å². The van der Waals surface area contributed by atoms with Crippen LogP contribution in [0.15, 0.2) is 29.4 Å². The largest absolute Gasteiger partial charge is 0.382 e. The number of nitrogens with one attached hydrogen (secondary N) is 2. The molecule has 3 amide bonds. The average Bonchev–Trinajstić information content (AvgIpc) is 3.00. The summed E-state index contributed by atoms with van der Waals surface area (Å²) in [7, 11) is 1.85. The number of urea groups is 1. The predicted molar refractivity (Wildman–Crippen MR) is 105 cm³/mol. The van der Waals surface area contributed by atoms with Gasteiger partial charge in [0, 0.05) is 32.4 Å². The number of carbonyl (C=O) groups excluding carboxylic acids is 2. The average molecular weight is 391 g/mol. The third-order valence-electron chi connectivity index (χ3n) is 3.76. The molecule has 0 unspecified atom stereocenters. The fourth-order valence-corrected chi connectivity index (χ4v) is 3.07. The number of rotatable bonds is 9. The number of nitrogens with zero attached hydrogens (tertiary/aromatic N) is 3. The number of amides is 3. The zero-order valence-corrected chi connectivity index (χ0v) is 16.6. The molecule has 9 heteroatoms. The van der Waals surface area contributed by atoms with Crippen LogP contribution in [-0.2, 0) is 16.6 Å². The molecule has 0 fully saturated rings. The molecule has 0 aliphatic heterocycles. The van der Waals surface area contributed by atoms with Crippen molar-refractivity contribution in [2.75, 3.05) is 25.5 Å². The molecule has 0 radical (unpaired) electrons. The molecule has 8 nitrogen and oxygen atoms in total. The number of thioether (sulfide) groups is 1. The van der Waals surface area contributed by atoms with Crippen molar-refractivity contribution in [1.29, 1.82) is 0 Å². The lowest BCUT2D eigenvalue weighted by molar-refractivity contribution is -0.117. The highest BCUT2D eigenvalue weighted by Crippen LogP contribution is 2.24. The summed E-state index contributed by atoms with van der Waals surface area (Å²) in [6.45, 7) is 5.61. The Morgan fingerprint density at radius 3 is 2.78 bits per heavy atom. The third kappa shape index (κ3) is 6.37. The van der Waals surface area contributed by atoms with Gasteiger partial charge in [0.05, 0.1) is 5.75 Å². The highest BCUT2D eigenvalue weighted by Gasteiger charge is 2.15. The maximum Gasteiger partial charge on any atom is 0.321 e. The molecular formula is C18H25N5O3S. The summed E-state index contributed by atoms with van der Waals surface area (Å²) in [5.74, 6) is 0.428. The Morgan fingerprint density at radius 2 is 2.04 bits per heavy atom. The zero-order chi connectivity index (χ0) is 19.6. The molecule has 1 aromatic heterocycles. The van der Waals surface area contributed by atoms with E-state index in [4.69, 9.17) is 4.74 Å². The van der Waals surface area contributed by atoms with Crippen molar-refractivity contribution in [2.24, 2.45) is 7.05 Å². The number of hydrogen-bond acceptors (Lipinski definition) is 6. The molecule has 2 N–H and O–H groups in total. The van der Waals surface area contributed by atoms with E-state index in [0.29, 0.717) is 31.3 Å². The van der Waals surface area contributed by atoms with E-state index < -0.39 is 6.03 Å². The monoisotopic (exact) mass is 391 g/mol. The van der Waals surface area contributed by atoms with Gasteiger partial charge in [-0.25, -0.2) is 4.79 Å². The van der Waals surface area contributed by atoms with Crippen molar-refractivity contribution < 1.29 is 14.3 Å². The molecule has 1 heterocycles. The summed E-state index contributed by atoms with van der Waals surface area (Å²) in [6.07, 6.45) is 0.699. The molecule has 0 spiro atoms. The van der Waals surface area contributed by atoms with E-state index in [9.17, 15) is 9.59 Å². The molecule has 0 aliphatic carbocycles. The summed E-state index contributed by atoms with van der Waals surface area (Å²) in [5, 5.41) is 13.9. The van der Waals surface area contributed by atoms with Gasteiger partial charge < -0.3 is 14.6 Å². The first-order valence-corrected chi connectivity index (χ1v) is 9.75. The first-order valence-electron chi connectivity index (χ1n) is 8.76. The van der Waals surface area contributed by atoms with Crippen LogP contribution in [-0.4, -0.2) is 52.2 Å². The number of hydrogen-bond donors (Lipinski definition) is 2. The van der Waals surface area contributed by atoms with Crippen LogP contribution in [0.25, 0.3) is 11.4 Å². The summed E-state index contributed by atoms with van der Waals surface area (Å²) in [6, 6.07) is 7.41. The van der Waals surface area contributed by atoms with Crippen LogP contribution in [0.1, 0.15) is 18.9 Å². The first-order chi connectivity index (χ1) is 13.0. The Balaban J connectivity index is 1.80. The van der Waals surface area contributed by atoms with E-state index in [1.54, 1.807) is 0 Å². The number of aromatic nitrogens is 3. The Hall–Kier alpha value is -2.39. The van der Waals surface area contributed by atoms with E-state index in [-0.39, 0.29) is 11.7 Å². The standard InChI is InChI=1S/C18H25N5O3S/c1-4-26-11-7-10-19-17(25)20-15(24)12-27-18-22-21-16(23(18)3)14-9-6-5-8-13(14)2/h5-6,8-9H,4,7,10-12H2,1-3H3,(H2,19,20,24,25). The van der Waals surface area contributed by atoms with E-state index >= 15 is 0 Å². The van der Waals surface area contributed by atoms with E-state index in [1.807, 2.05) is 49.7 Å². The Kier molecular flexibility index (Phi) is 8.28. The highest BCUT2D eigenvalue weighted by atomic mass is 32.2. The fourth-order valence-electron chi connectivity index (χ4n) is 2.36. The molecule has 0 saturated heterocycles. The lowest BCUT2D eigenvalue weighted by atomic mass is 10.1. The molecule has 0 atom stereocenters. The molecule has 0 aliphatic rings. The first kappa shape index (κ1) is 20.9. The summed E-state index contributed by atoms with van der Waals surface area (Å²) >= 11 is 1.23. The normalized spacial score (nSPS) is 10.6. The van der Waals surface area contributed by atoms with Gasteiger partial charge in [0.25, 0.3) is 0 Å². The minimum absolute atomic E-state index is 0.0755. The molecule has 0 saturated carbocycles. The molecule has 2 aromatic rings. The van der Waals surface area contributed by atoms with E-state index in [0.717, 1.165) is 17.0 Å². The lowest BCUT2D eigenvalue weighted by Gasteiger charge is -2.07. The molecule has 146 valence electrons. The lowest BCUT2D eigenvalue weighted by Crippen LogP contribution is -2.40. The van der Waals surface area contributed by atoms with Gasteiger partial charge in [-0.05, 0) is 25.8 Å². The van der Waals surface area contributed by atoms with Crippen LogP contribution < -0.4 is 10.6 Å². The van der Waals surface area contributed by atoms with Crippen LogP contribution in [0.3, 0.4) is 0 Å². The molecular weight excluding hydrogens is 366 g/mol. The minimum atomic E-state index is -0.504.